The second-order valence-corrected chi connectivity index (χ2v) is 6.23. The van der Waals surface area contributed by atoms with Gasteiger partial charge in [-0.25, -0.2) is 9.97 Å². The summed E-state index contributed by atoms with van der Waals surface area (Å²) in [5.74, 6) is 0.807. The Hall–Kier alpha value is -3.81. The smallest absolute Gasteiger partial charge is 0.270 e. The van der Waals surface area contributed by atoms with E-state index in [-0.39, 0.29) is 18.1 Å². The Morgan fingerprint density at radius 2 is 1.86 bits per heavy atom. The maximum absolute atomic E-state index is 12.5. The number of hydrogen-bond acceptors (Lipinski definition) is 6. The molecule has 0 radical (unpaired) electrons. The molecule has 0 aliphatic heterocycles. The monoisotopic (exact) mass is 392 g/mol. The maximum Gasteiger partial charge on any atom is 0.270 e. The van der Waals surface area contributed by atoms with Crippen LogP contribution in [0.3, 0.4) is 0 Å². The Morgan fingerprint density at radius 1 is 1.14 bits per heavy atom. The fraction of sp³-hybridized carbons (Fsp3) is 0.190. The number of rotatable bonds is 8. The van der Waals surface area contributed by atoms with Crippen LogP contribution in [0.25, 0.3) is 11.4 Å². The van der Waals surface area contributed by atoms with Gasteiger partial charge in [-0.3, -0.25) is 14.9 Å². The van der Waals surface area contributed by atoms with Crippen LogP contribution in [0.5, 0.6) is 5.75 Å². The van der Waals surface area contributed by atoms with Crippen molar-refractivity contribution in [2.24, 2.45) is 0 Å². The van der Waals surface area contributed by atoms with Crippen LogP contribution in [0.4, 0.5) is 5.69 Å². The molecule has 1 N–H and O–H groups in total. The Bertz CT molecular complexity index is 991. The normalized spacial score (nSPS) is 10.4. The summed E-state index contributed by atoms with van der Waals surface area (Å²) < 4.78 is 5.64. The van der Waals surface area contributed by atoms with E-state index in [2.05, 4.69) is 15.3 Å². The number of aromatic nitrogens is 2. The van der Waals surface area contributed by atoms with Crippen molar-refractivity contribution in [3.05, 3.63) is 82.2 Å². The summed E-state index contributed by atoms with van der Waals surface area (Å²) in [6, 6.07) is 13.0. The van der Waals surface area contributed by atoms with E-state index in [0.29, 0.717) is 29.3 Å². The van der Waals surface area contributed by atoms with Crippen LogP contribution in [0.1, 0.15) is 29.3 Å². The summed E-state index contributed by atoms with van der Waals surface area (Å²) >= 11 is 0. The van der Waals surface area contributed by atoms with E-state index < -0.39 is 4.92 Å². The molecule has 0 saturated heterocycles. The van der Waals surface area contributed by atoms with E-state index in [4.69, 9.17) is 4.74 Å². The lowest BCUT2D eigenvalue weighted by Gasteiger charge is -2.12. The van der Waals surface area contributed by atoms with Crippen LogP contribution in [0.2, 0.25) is 0 Å². The molecule has 3 rings (SSSR count). The molecular weight excluding hydrogens is 372 g/mol. The zero-order chi connectivity index (χ0) is 20.6. The predicted molar refractivity (Wildman–Crippen MR) is 108 cm³/mol. The fourth-order valence-corrected chi connectivity index (χ4v) is 2.67. The molecule has 8 nitrogen and oxygen atoms in total. The molecule has 0 unspecified atom stereocenters. The zero-order valence-corrected chi connectivity index (χ0v) is 15.9. The van der Waals surface area contributed by atoms with Gasteiger partial charge in [0.15, 0.2) is 5.82 Å². The first-order valence-corrected chi connectivity index (χ1v) is 9.14. The third kappa shape index (κ3) is 5.13. The number of non-ortho nitro benzene ring substituents is 1. The lowest BCUT2D eigenvalue weighted by Crippen LogP contribution is -2.23. The average Bonchev–Trinajstić information content (AvgIpc) is 2.77. The van der Waals surface area contributed by atoms with Crippen molar-refractivity contribution >= 4 is 11.6 Å². The number of carbonyl (C=O) groups is 1. The van der Waals surface area contributed by atoms with E-state index >= 15 is 0 Å². The number of ether oxygens (including phenoxy) is 1. The van der Waals surface area contributed by atoms with Crippen LogP contribution in [0.15, 0.2) is 60.9 Å². The number of nitro groups is 1. The zero-order valence-electron chi connectivity index (χ0n) is 15.9. The summed E-state index contributed by atoms with van der Waals surface area (Å²) in [6.45, 7) is 2.57. The number of nitrogens with one attached hydrogen (secondary N) is 1. The van der Waals surface area contributed by atoms with E-state index in [0.717, 1.165) is 12.0 Å². The Morgan fingerprint density at radius 3 is 2.52 bits per heavy atom. The number of nitro benzene ring substituents is 1. The van der Waals surface area contributed by atoms with Crippen molar-refractivity contribution < 1.29 is 14.5 Å². The van der Waals surface area contributed by atoms with E-state index in [1.807, 2.05) is 6.92 Å². The molecule has 2 aromatic carbocycles. The van der Waals surface area contributed by atoms with Gasteiger partial charge in [-0.05, 0) is 30.7 Å². The number of carbonyl (C=O) groups excluding carboxylic acids is 1. The number of hydrogen-bond donors (Lipinski definition) is 1. The fourth-order valence-electron chi connectivity index (χ4n) is 2.67. The summed E-state index contributed by atoms with van der Waals surface area (Å²) in [4.78, 5) is 31.4. The highest BCUT2D eigenvalue weighted by atomic mass is 16.6. The molecule has 0 atom stereocenters. The molecule has 1 amide bonds. The predicted octanol–water partition coefficient (Wildman–Crippen LogP) is 3.77. The molecule has 1 heterocycles. The standard InChI is InChI=1S/C21H20N4O4/c1-2-12-29-19-9-8-18(25(27)28)13-17(19)14-24-21(26)16-6-4-15(5-7-16)20-22-10-3-11-23-20/h3-11,13H,2,12,14H2,1H3,(H,24,26). The van der Waals surface area contributed by atoms with Crippen LogP contribution in [0, 0.1) is 10.1 Å². The van der Waals surface area contributed by atoms with Crippen molar-refractivity contribution in [3.8, 4) is 17.1 Å². The number of amides is 1. The summed E-state index contributed by atoms with van der Waals surface area (Å²) in [5.41, 5.74) is 1.77. The molecule has 148 valence electrons. The molecule has 0 aliphatic rings. The first kappa shape index (κ1) is 19.9. The van der Waals surface area contributed by atoms with E-state index in [9.17, 15) is 14.9 Å². The van der Waals surface area contributed by atoms with Gasteiger partial charge in [-0.1, -0.05) is 19.1 Å². The first-order valence-electron chi connectivity index (χ1n) is 9.14. The molecular formula is C21H20N4O4. The molecule has 0 spiro atoms. The largest absolute Gasteiger partial charge is 0.493 e. The van der Waals surface area contributed by atoms with Gasteiger partial charge in [-0.2, -0.15) is 0 Å². The highest BCUT2D eigenvalue weighted by Crippen LogP contribution is 2.24. The second-order valence-electron chi connectivity index (χ2n) is 6.23. The molecule has 0 fully saturated rings. The lowest BCUT2D eigenvalue weighted by atomic mass is 10.1. The summed E-state index contributed by atoms with van der Waals surface area (Å²) in [7, 11) is 0. The van der Waals surface area contributed by atoms with Crippen LogP contribution >= 0.6 is 0 Å². The van der Waals surface area contributed by atoms with E-state index in [1.165, 1.54) is 12.1 Å². The Balaban J connectivity index is 1.71. The van der Waals surface area contributed by atoms with Crippen molar-refractivity contribution in [2.45, 2.75) is 19.9 Å². The number of benzene rings is 2. The van der Waals surface area contributed by atoms with Gasteiger partial charge in [0.1, 0.15) is 5.75 Å². The summed E-state index contributed by atoms with van der Waals surface area (Å²) in [6.07, 6.45) is 4.11. The van der Waals surface area contributed by atoms with E-state index in [1.54, 1.807) is 48.8 Å². The third-order valence-electron chi connectivity index (χ3n) is 4.13. The average molecular weight is 392 g/mol. The SMILES string of the molecule is CCCOc1ccc([N+](=O)[O-])cc1CNC(=O)c1ccc(-c2ncccn2)cc1. The highest BCUT2D eigenvalue weighted by molar-refractivity contribution is 5.94. The van der Waals surface area contributed by atoms with Crippen LogP contribution < -0.4 is 10.1 Å². The minimum atomic E-state index is -0.473. The minimum Gasteiger partial charge on any atom is -0.493 e. The molecule has 0 saturated carbocycles. The van der Waals surface area contributed by atoms with Gasteiger partial charge < -0.3 is 10.1 Å². The van der Waals surface area contributed by atoms with Gasteiger partial charge in [0, 0.05) is 47.8 Å². The molecule has 0 bridgehead atoms. The quantitative estimate of drug-likeness (QED) is 0.462. The summed E-state index contributed by atoms with van der Waals surface area (Å²) in [5, 5.41) is 13.8. The van der Waals surface area contributed by atoms with Crippen molar-refractivity contribution in [3.63, 3.8) is 0 Å². The third-order valence-corrected chi connectivity index (χ3v) is 4.13. The maximum atomic E-state index is 12.5. The molecule has 8 heteroatoms. The first-order chi connectivity index (χ1) is 14.1. The van der Waals surface area contributed by atoms with Gasteiger partial charge in [-0.15, -0.1) is 0 Å². The Kier molecular flexibility index (Phi) is 6.47. The highest BCUT2D eigenvalue weighted by Gasteiger charge is 2.14. The topological polar surface area (TPSA) is 107 Å². The van der Waals surface area contributed by atoms with Gasteiger partial charge in [0.2, 0.25) is 0 Å². The van der Waals surface area contributed by atoms with Crippen LogP contribution in [-0.4, -0.2) is 27.4 Å². The van der Waals surface area contributed by atoms with Gasteiger partial charge in [0.05, 0.1) is 11.5 Å². The Labute approximate surface area is 167 Å². The van der Waals surface area contributed by atoms with Crippen LogP contribution in [-0.2, 0) is 6.54 Å². The molecule has 0 aliphatic carbocycles. The lowest BCUT2D eigenvalue weighted by molar-refractivity contribution is -0.384. The van der Waals surface area contributed by atoms with Crippen molar-refractivity contribution in [2.75, 3.05) is 6.61 Å². The minimum absolute atomic E-state index is 0.0506. The van der Waals surface area contributed by atoms with Gasteiger partial charge >= 0.3 is 0 Å². The van der Waals surface area contributed by atoms with Crippen molar-refractivity contribution in [1.82, 2.24) is 15.3 Å². The second kappa shape index (κ2) is 9.41. The van der Waals surface area contributed by atoms with Crippen molar-refractivity contribution in [1.29, 1.82) is 0 Å². The molecule has 3 aromatic rings. The number of nitrogens with zero attached hydrogens (tertiary/aromatic N) is 3. The molecule has 1 aromatic heterocycles. The van der Waals surface area contributed by atoms with Gasteiger partial charge in [0.25, 0.3) is 11.6 Å². The molecule has 29 heavy (non-hydrogen) atoms.